The molecule has 1 amide bonds. The molecular weight excluding hydrogens is 485 g/mol. The van der Waals surface area contributed by atoms with Gasteiger partial charge >= 0.3 is 0 Å². The molecular formula is C23H21Cl2N3O4S. The van der Waals surface area contributed by atoms with E-state index >= 15 is 0 Å². The number of phenols is 1. The molecule has 0 radical (unpaired) electrons. The lowest BCUT2D eigenvalue weighted by atomic mass is 9.93. The van der Waals surface area contributed by atoms with Crippen LogP contribution in [0, 0.1) is 13.8 Å². The van der Waals surface area contributed by atoms with E-state index in [-0.39, 0.29) is 28.9 Å². The van der Waals surface area contributed by atoms with Crippen LogP contribution in [0.15, 0.2) is 30.3 Å². The molecule has 3 aromatic rings. The van der Waals surface area contributed by atoms with E-state index in [4.69, 9.17) is 23.2 Å². The number of H-pyrrole nitrogens is 1. The Morgan fingerprint density at radius 2 is 1.91 bits per heavy atom. The predicted octanol–water partition coefficient (Wildman–Crippen LogP) is 4.44. The Kier molecular flexibility index (Phi) is 5.23. The molecule has 2 aliphatic rings. The summed E-state index contributed by atoms with van der Waals surface area (Å²) in [5.74, 6) is -0.312. The van der Waals surface area contributed by atoms with Gasteiger partial charge in [0.25, 0.3) is 5.91 Å². The Hall–Kier alpha value is -2.55. The third-order valence-corrected chi connectivity index (χ3v) is 8.85. The van der Waals surface area contributed by atoms with Gasteiger partial charge in [-0.2, -0.15) is 5.10 Å². The predicted molar refractivity (Wildman–Crippen MR) is 127 cm³/mol. The minimum atomic E-state index is -3.23. The van der Waals surface area contributed by atoms with E-state index in [0.29, 0.717) is 44.4 Å². The number of sulfone groups is 1. The van der Waals surface area contributed by atoms with Crippen molar-refractivity contribution in [2.24, 2.45) is 0 Å². The standard InChI is InChI=1S/C23H21Cl2N3O4S/c1-11-7-12(2)22(29)15(8-11)19-18-20(27-26-19)23(30)28(14-5-6-33(31,32)10-14)21(18)13-3-4-16(24)17(25)9-13/h3-4,7-9,14,21,29H,5-6,10H2,1-2H3,(H,26,27). The fourth-order valence-corrected chi connectivity index (χ4v) is 6.91. The quantitative estimate of drug-likeness (QED) is 0.547. The van der Waals surface area contributed by atoms with Gasteiger partial charge in [0, 0.05) is 17.2 Å². The minimum absolute atomic E-state index is 0.0342. The van der Waals surface area contributed by atoms with Gasteiger partial charge in [-0.1, -0.05) is 35.3 Å². The number of fused-ring (bicyclic) bond motifs is 1. The van der Waals surface area contributed by atoms with Crippen molar-refractivity contribution in [2.75, 3.05) is 11.5 Å². The zero-order valence-electron chi connectivity index (χ0n) is 17.9. The second kappa shape index (κ2) is 7.75. The Labute approximate surface area is 201 Å². The number of amides is 1. The molecule has 2 N–H and O–H groups in total. The van der Waals surface area contributed by atoms with Crippen LogP contribution in [0.25, 0.3) is 11.3 Å². The second-order valence-electron chi connectivity index (χ2n) is 8.68. The van der Waals surface area contributed by atoms with Crippen molar-refractivity contribution in [1.29, 1.82) is 0 Å². The van der Waals surface area contributed by atoms with Gasteiger partial charge in [0.05, 0.1) is 27.6 Å². The van der Waals surface area contributed by atoms with Crippen molar-refractivity contribution in [1.82, 2.24) is 15.1 Å². The van der Waals surface area contributed by atoms with Crippen molar-refractivity contribution in [3.63, 3.8) is 0 Å². The monoisotopic (exact) mass is 505 g/mol. The highest BCUT2D eigenvalue weighted by molar-refractivity contribution is 7.91. The van der Waals surface area contributed by atoms with Crippen LogP contribution in [-0.2, 0) is 9.84 Å². The molecule has 2 unspecified atom stereocenters. The van der Waals surface area contributed by atoms with Gasteiger partial charge in [-0.05, 0) is 55.2 Å². The number of benzene rings is 2. The van der Waals surface area contributed by atoms with E-state index in [1.807, 2.05) is 19.1 Å². The molecule has 0 bridgehead atoms. The van der Waals surface area contributed by atoms with Gasteiger partial charge in [0.15, 0.2) is 9.84 Å². The third-order valence-electron chi connectivity index (χ3n) is 6.37. The molecule has 3 heterocycles. The van der Waals surface area contributed by atoms with Crippen molar-refractivity contribution in [2.45, 2.75) is 32.4 Å². The highest BCUT2D eigenvalue weighted by atomic mass is 35.5. The van der Waals surface area contributed by atoms with Crippen LogP contribution in [0.5, 0.6) is 5.75 Å². The number of hydrogen-bond acceptors (Lipinski definition) is 5. The molecule has 2 aliphatic heterocycles. The summed E-state index contributed by atoms with van der Waals surface area (Å²) in [4.78, 5) is 15.1. The summed E-state index contributed by atoms with van der Waals surface area (Å²) < 4.78 is 24.5. The van der Waals surface area contributed by atoms with Crippen LogP contribution in [0.4, 0.5) is 0 Å². The first-order chi connectivity index (χ1) is 15.6. The summed E-state index contributed by atoms with van der Waals surface area (Å²) in [7, 11) is -3.23. The molecule has 2 atom stereocenters. The maximum Gasteiger partial charge on any atom is 0.273 e. The first-order valence-corrected chi connectivity index (χ1v) is 13.0. The van der Waals surface area contributed by atoms with E-state index in [0.717, 1.165) is 5.56 Å². The first kappa shape index (κ1) is 22.3. The van der Waals surface area contributed by atoms with E-state index in [1.54, 1.807) is 30.0 Å². The molecule has 1 saturated heterocycles. The lowest BCUT2D eigenvalue weighted by molar-refractivity contribution is 0.0677. The van der Waals surface area contributed by atoms with Gasteiger partial charge in [0.2, 0.25) is 0 Å². The van der Waals surface area contributed by atoms with Crippen molar-refractivity contribution in [3.8, 4) is 17.0 Å². The largest absolute Gasteiger partial charge is 0.507 e. The molecule has 1 aromatic heterocycles. The fraction of sp³-hybridized carbons (Fsp3) is 0.304. The maximum atomic E-state index is 13.5. The Morgan fingerprint density at radius 1 is 1.15 bits per heavy atom. The van der Waals surface area contributed by atoms with E-state index < -0.39 is 21.9 Å². The number of rotatable bonds is 3. The molecule has 1 fully saturated rings. The van der Waals surface area contributed by atoms with E-state index in [9.17, 15) is 18.3 Å². The number of carbonyl (C=O) groups is 1. The molecule has 10 heteroatoms. The van der Waals surface area contributed by atoms with Gasteiger partial charge in [0.1, 0.15) is 17.1 Å². The third kappa shape index (κ3) is 3.61. The van der Waals surface area contributed by atoms with Crippen molar-refractivity contribution >= 4 is 38.9 Å². The van der Waals surface area contributed by atoms with Crippen LogP contribution in [0.1, 0.15) is 45.2 Å². The minimum Gasteiger partial charge on any atom is -0.507 e. The second-order valence-corrected chi connectivity index (χ2v) is 11.7. The number of aryl methyl sites for hydroxylation is 2. The van der Waals surface area contributed by atoms with E-state index in [2.05, 4.69) is 10.2 Å². The zero-order chi connectivity index (χ0) is 23.7. The van der Waals surface area contributed by atoms with Crippen molar-refractivity contribution < 1.29 is 18.3 Å². The number of aromatic hydroxyl groups is 1. The summed E-state index contributed by atoms with van der Waals surface area (Å²) in [6.07, 6.45) is 0.355. The molecule has 33 heavy (non-hydrogen) atoms. The van der Waals surface area contributed by atoms with E-state index in [1.165, 1.54) is 0 Å². The molecule has 0 aliphatic carbocycles. The fourth-order valence-electron chi connectivity index (χ4n) is 4.89. The SMILES string of the molecule is Cc1cc(C)c(O)c(-c2n[nH]c3c2C(c2ccc(Cl)c(Cl)c2)N(C2CCS(=O)(=O)C2)C3=O)c1. The van der Waals surface area contributed by atoms with Gasteiger partial charge in [-0.15, -0.1) is 0 Å². The lowest BCUT2D eigenvalue weighted by Gasteiger charge is -2.31. The van der Waals surface area contributed by atoms with Crippen molar-refractivity contribution in [3.05, 3.63) is 68.3 Å². The Bertz CT molecular complexity index is 1420. The number of phenolic OH excluding ortho intramolecular Hbond substituents is 1. The number of nitrogens with zero attached hydrogens (tertiary/aromatic N) is 2. The first-order valence-electron chi connectivity index (χ1n) is 10.4. The average Bonchev–Trinajstić information content (AvgIpc) is 3.40. The van der Waals surface area contributed by atoms with Crippen LogP contribution in [0.3, 0.4) is 0 Å². The summed E-state index contributed by atoms with van der Waals surface area (Å²) >= 11 is 12.4. The molecule has 2 aromatic carbocycles. The lowest BCUT2D eigenvalue weighted by Crippen LogP contribution is -2.40. The highest BCUT2D eigenvalue weighted by Gasteiger charge is 2.48. The number of hydrogen-bond donors (Lipinski definition) is 2. The summed E-state index contributed by atoms with van der Waals surface area (Å²) in [5, 5.41) is 18.7. The summed E-state index contributed by atoms with van der Waals surface area (Å²) in [6.45, 7) is 3.72. The van der Waals surface area contributed by atoms with Gasteiger partial charge in [-0.25, -0.2) is 8.42 Å². The molecule has 7 nitrogen and oxygen atoms in total. The topological polar surface area (TPSA) is 103 Å². The Balaban J connectivity index is 1.73. The summed E-state index contributed by atoms with van der Waals surface area (Å²) in [6, 6.07) is 7.68. The number of aromatic amines is 1. The molecule has 0 saturated carbocycles. The smallest absolute Gasteiger partial charge is 0.273 e. The average molecular weight is 506 g/mol. The Morgan fingerprint density at radius 3 is 2.58 bits per heavy atom. The highest BCUT2D eigenvalue weighted by Crippen LogP contribution is 2.47. The van der Waals surface area contributed by atoms with Gasteiger partial charge in [-0.3, -0.25) is 9.89 Å². The van der Waals surface area contributed by atoms with Gasteiger partial charge < -0.3 is 10.0 Å². The maximum absolute atomic E-state index is 13.5. The molecule has 172 valence electrons. The summed E-state index contributed by atoms with van der Waals surface area (Å²) in [5.41, 5.74) is 4.13. The van der Waals surface area contributed by atoms with Crippen LogP contribution in [0.2, 0.25) is 10.0 Å². The number of carbonyl (C=O) groups excluding carboxylic acids is 1. The number of aromatic nitrogens is 2. The van der Waals surface area contributed by atoms with Crippen LogP contribution < -0.4 is 0 Å². The van der Waals surface area contributed by atoms with Crippen LogP contribution >= 0.6 is 23.2 Å². The van der Waals surface area contributed by atoms with Crippen LogP contribution in [-0.4, -0.2) is 52.1 Å². The normalized spacial score (nSPS) is 21.6. The molecule has 0 spiro atoms. The zero-order valence-corrected chi connectivity index (χ0v) is 20.2. The number of nitrogens with one attached hydrogen (secondary N) is 1. The molecule has 5 rings (SSSR count). The number of halogens is 2.